The monoisotopic (exact) mass is 481 g/mol. The van der Waals surface area contributed by atoms with Gasteiger partial charge in [-0.15, -0.1) is 0 Å². The minimum Gasteiger partial charge on any atom is -0.454 e. The van der Waals surface area contributed by atoms with Gasteiger partial charge in [0, 0.05) is 26.2 Å². The summed E-state index contributed by atoms with van der Waals surface area (Å²) >= 11 is 0. The smallest absolute Gasteiger partial charge is 0.416 e. The van der Waals surface area contributed by atoms with Crippen LogP contribution < -0.4 is 4.74 Å². The number of rotatable bonds is 2. The van der Waals surface area contributed by atoms with Gasteiger partial charge in [-0.1, -0.05) is 42.5 Å². The maximum absolute atomic E-state index is 13.3. The number of carbonyl (C=O) groups excluding carboxylic acids is 1. The molecule has 5 rings (SSSR count). The molecule has 1 fully saturated rings. The van der Waals surface area contributed by atoms with Crippen LogP contribution in [0.3, 0.4) is 0 Å². The van der Waals surface area contributed by atoms with Crippen LogP contribution >= 0.6 is 0 Å². The number of amides is 1. The van der Waals surface area contributed by atoms with Crippen LogP contribution in [0.5, 0.6) is 11.5 Å². The minimum atomic E-state index is -4.49. The van der Waals surface area contributed by atoms with E-state index in [0.717, 1.165) is 17.7 Å². The first-order valence-corrected chi connectivity index (χ1v) is 11.2. The van der Waals surface area contributed by atoms with Crippen LogP contribution in [0.2, 0.25) is 0 Å². The van der Waals surface area contributed by atoms with Crippen LogP contribution in [-0.4, -0.2) is 47.9 Å². The Morgan fingerprint density at radius 1 is 0.914 bits per heavy atom. The van der Waals surface area contributed by atoms with Crippen molar-refractivity contribution in [3.8, 4) is 11.5 Å². The third-order valence-electron chi connectivity index (χ3n) is 5.90. The standard InChI is InChI=1S/C26H22F3N3O3/c27-26(28,29)19-10-11-23-21(16-19)30-24(20-8-4-5-9-22(20)35-23)31-12-14-32(15-13-31)25(33)34-17-18-6-2-1-3-7-18/h1-11,16H,12-15,17H2. The molecule has 2 aliphatic rings. The first-order valence-electron chi connectivity index (χ1n) is 11.2. The number of hydrogen-bond acceptors (Lipinski definition) is 5. The van der Waals surface area contributed by atoms with E-state index in [0.29, 0.717) is 43.3 Å². The van der Waals surface area contributed by atoms with E-state index in [1.165, 1.54) is 6.07 Å². The van der Waals surface area contributed by atoms with E-state index in [-0.39, 0.29) is 18.0 Å². The molecular formula is C26H22F3N3O3. The van der Waals surface area contributed by atoms with Crippen molar-refractivity contribution >= 4 is 17.6 Å². The lowest BCUT2D eigenvalue weighted by Gasteiger charge is -2.36. The fourth-order valence-corrected chi connectivity index (χ4v) is 4.05. The van der Waals surface area contributed by atoms with Crippen LogP contribution in [0.1, 0.15) is 16.7 Å². The van der Waals surface area contributed by atoms with Crippen molar-refractivity contribution in [1.82, 2.24) is 9.80 Å². The maximum Gasteiger partial charge on any atom is 0.416 e. The molecule has 2 heterocycles. The lowest BCUT2D eigenvalue weighted by Crippen LogP contribution is -2.50. The molecule has 0 atom stereocenters. The molecule has 0 spiro atoms. The molecule has 1 saturated heterocycles. The number of piperazine rings is 1. The molecule has 0 saturated carbocycles. The number of para-hydroxylation sites is 1. The molecule has 0 aromatic heterocycles. The van der Waals surface area contributed by atoms with E-state index in [1.54, 1.807) is 17.0 Å². The second-order valence-electron chi connectivity index (χ2n) is 8.23. The van der Waals surface area contributed by atoms with Gasteiger partial charge in [-0.2, -0.15) is 13.2 Å². The molecule has 3 aromatic rings. The third-order valence-corrected chi connectivity index (χ3v) is 5.90. The van der Waals surface area contributed by atoms with Crippen molar-refractivity contribution in [3.63, 3.8) is 0 Å². The van der Waals surface area contributed by atoms with E-state index in [9.17, 15) is 18.0 Å². The quantitative estimate of drug-likeness (QED) is 0.461. The molecule has 0 radical (unpaired) electrons. The first kappa shape index (κ1) is 22.8. The highest BCUT2D eigenvalue weighted by molar-refractivity contribution is 6.03. The van der Waals surface area contributed by atoms with Crippen LogP contribution in [0.25, 0.3) is 0 Å². The van der Waals surface area contributed by atoms with Crippen LogP contribution in [0.4, 0.5) is 23.7 Å². The summed E-state index contributed by atoms with van der Waals surface area (Å²) in [4.78, 5) is 20.7. The Hall–Kier alpha value is -4.01. The number of benzene rings is 3. The van der Waals surface area contributed by atoms with Gasteiger partial charge in [-0.3, -0.25) is 0 Å². The predicted octanol–water partition coefficient (Wildman–Crippen LogP) is 5.84. The second-order valence-corrected chi connectivity index (χ2v) is 8.23. The predicted molar refractivity (Wildman–Crippen MR) is 124 cm³/mol. The first-order chi connectivity index (χ1) is 16.9. The highest BCUT2D eigenvalue weighted by Crippen LogP contribution is 2.41. The van der Waals surface area contributed by atoms with E-state index in [4.69, 9.17) is 9.47 Å². The molecule has 180 valence electrons. The zero-order valence-corrected chi connectivity index (χ0v) is 18.7. The summed E-state index contributed by atoms with van der Waals surface area (Å²) in [6.07, 6.45) is -4.89. The molecule has 0 aliphatic carbocycles. The largest absolute Gasteiger partial charge is 0.454 e. The second kappa shape index (κ2) is 9.32. The van der Waals surface area contributed by atoms with Gasteiger partial charge >= 0.3 is 12.3 Å². The summed E-state index contributed by atoms with van der Waals surface area (Å²) in [5, 5.41) is 0. The van der Waals surface area contributed by atoms with Crippen molar-refractivity contribution in [3.05, 3.63) is 89.5 Å². The van der Waals surface area contributed by atoms with Gasteiger partial charge in [0.25, 0.3) is 0 Å². The molecule has 3 aromatic carbocycles. The summed E-state index contributed by atoms with van der Waals surface area (Å²) in [6, 6.07) is 19.9. The normalized spacial score (nSPS) is 15.3. The Morgan fingerprint density at radius 2 is 1.63 bits per heavy atom. The number of ether oxygens (including phenoxy) is 2. The number of nitrogens with zero attached hydrogens (tertiary/aromatic N) is 3. The van der Waals surface area contributed by atoms with E-state index >= 15 is 0 Å². The Labute approximate surface area is 200 Å². The molecule has 2 aliphatic heterocycles. The summed E-state index contributed by atoms with van der Waals surface area (Å²) in [5.74, 6) is 1.27. The van der Waals surface area contributed by atoms with Crippen molar-refractivity contribution in [1.29, 1.82) is 0 Å². The highest BCUT2D eigenvalue weighted by atomic mass is 19.4. The highest BCUT2D eigenvalue weighted by Gasteiger charge is 2.33. The molecule has 35 heavy (non-hydrogen) atoms. The number of hydrogen-bond donors (Lipinski definition) is 0. The Morgan fingerprint density at radius 3 is 2.37 bits per heavy atom. The number of halogens is 3. The van der Waals surface area contributed by atoms with Gasteiger partial charge in [0.1, 0.15) is 23.9 Å². The lowest BCUT2D eigenvalue weighted by molar-refractivity contribution is -0.137. The third kappa shape index (κ3) is 4.94. The Kier molecular flexibility index (Phi) is 6.07. The summed E-state index contributed by atoms with van der Waals surface area (Å²) in [7, 11) is 0. The van der Waals surface area contributed by atoms with Gasteiger partial charge in [0.05, 0.1) is 11.1 Å². The van der Waals surface area contributed by atoms with Gasteiger partial charge in [0.2, 0.25) is 0 Å². The lowest BCUT2D eigenvalue weighted by atomic mass is 10.1. The van der Waals surface area contributed by atoms with Crippen molar-refractivity contribution in [2.24, 2.45) is 4.99 Å². The van der Waals surface area contributed by atoms with Gasteiger partial charge < -0.3 is 19.3 Å². The van der Waals surface area contributed by atoms with Crippen LogP contribution in [0, 0.1) is 0 Å². The van der Waals surface area contributed by atoms with E-state index < -0.39 is 17.8 Å². The summed E-state index contributed by atoms with van der Waals surface area (Å²) < 4.78 is 51.3. The maximum atomic E-state index is 13.3. The number of carbonyl (C=O) groups is 1. The molecular weight excluding hydrogens is 459 g/mol. The van der Waals surface area contributed by atoms with Gasteiger partial charge in [-0.25, -0.2) is 9.79 Å². The number of amidine groups is 1. The molecule has 0 N–H and O–H groups in total. The van der Waals surface area contributed by atoms with Crippen molar-refractivity contribution in [2.45, 2.75) is 12.8 Å². The fourth-order valence-electron chi connectivity index (χ4n) is 4.05. The molecule has 1 amide bonds. The molecule has 6 nitrogen and oxygen atoms in total. The number of aliphatic imine (C=N–C) groups is 1. The van der Waals surface area contributed by atoms with Gasteiger partial charge in [0.15, 0.2) is 5.75 Å². The molecule has 0 bridgehead atoms. The zero-order valence-electron chi connectivity index (χ0n) is 18.7. The number of fused-ring (bicyclic) bond motifs is 2. The SMILES string of the molecule is O=C(OCc1ccccc1)N1CCN(C2=Nc3cc(C(F)(F)F)ccc3Oc3ccccc32)CC1. The fraction of sp³-hybridized carbons (Fsp3) is 0.231. The topological polar surface area (TPSA) is 54.4 Å². The average Bonchev–Trinajstić information content (AvgIpc) is 3.04. The minimum absolute atomic E-state index is 0.107. The van der Waals surface area contributed by atoms with Crippen LogP contribution in [0.15, 0.2) is 77.8 Å². The summed E-state index contributed by atoms with van der Waals surface area (Å²) in [5.41, 5.74) is 0.897. The zero-order chi connectivity index (χ0) is 24.4. The molecule has 0 unspecified atom stereocenters. The van der Waals surface area contributed by atoms with Crippen molar-refractivity contribution < 1.29 is 27.4 Å². The number of alkyl halides is 3. The van der Waals surface area contributed by atoms with Crippen LogP contribution in [-0.2, 0) is 17.5 Å². The average molecular weight is 481 g/mol. The van der Waals surface area contributed by atoms with Crippen molar-refractivity contribution in [2.75, 3.05) is 26.2 Å². The van der Waals surface area contributed by atoms with E-state index in [2.05, 4.69) is 4.99 Å². The van der Waals surface area contributed by atoms with E-state index in [1.807, 2.05) is 47.4 Å². The molecule has 9 heteroatoms. The Bertz CT molecular complexity index is 1250. The van der Waals surface area contributed by atoms with Gasteiger partial charge in [-0.05, 0) is 35.9 Å². The summed E-state index contributed by atoms with van der Waals surface area (Å²) in [6.45, 7) is 1.87. The Balaban J connectivity index is 1.35.